The van der Waals surface area contributed by atoms with E-state index in [9.17, 15) is 0 Å². The number of rotatable bonds is 41. The maximum absolute atomic E-state index is 5.65. The van der Waals surface area contributed by atoms with Gasteiger partial charge >= 0.3 is 61.6 Å². The molecule has 0 rings (SSSR count). The summed E-state index contributed by atoms with van der Waals surface area (Å²) in [4.78, 5) is 0. The molecule has 0 atom stereocenters. The quantitative estimate of drug-likeness (QED) is 0.0414. The molecule has 0 aromatic carbocycles. The zero-order valence-corrected chi connectivity index (χ0v) is 61.2. The second-order valence-corrected chi connectivity index (χ2v) is 36.2. The van der Waals surface area contributed by atoms with Gasteiger partial charge in [-0.25, -0.2) is 0 Å². The van der Waals surface area contributed by atoms with Crippen LogP contribution in [0.5, 0.6) is 0 Å². The van der Waals surface area contributed by atoms with Gasteiger partial charge in [-0.3, -0.25) is 0 Å². The Bertz CT molecular complexity index is 1020. The molecule has 0 aromatic heterocycles. The van der Waals surface area contributed by atoms with Gasteiger partial charge in [0.1, 0.15) is 0 Å². The highest BCUT2D eigenvalue weighted by molar-refractivity contribution is 6.62. The van der Waals surface area contributed by atoms with Gasteiger partial charge in [-0.2, -0.15) is 0 Å². The van der Waals surface area contributed by atoms with Crippen LogP contribution in [0.4, 0.5) is 0 Å². The standard InChI is InChI=1S/2C9H22O3Si.C8H20O3Si.C7H18O3Si.C6H16O3Si.C5H14O3Si.C4H12O3Si/c1-5-6-7-8-9-13(10-2,11-3)12-4;1-5-9-13(10-6-2,11-7-3)12-8-4;1-5-9-12(8-4,10-6-2)11-7-3;1-5-8-11(4,9-6-2)10-7-3;1-5-6-10(7-2,8-3)9-4;1-5-9(6-2,7-3)8-4;1-5-8(4,6-2)7-3/h2*5-9H2,1-4H3;5-8H2,1-4H3;5-7H2,1-4H3;5-6H2,1-4H3;5H2,1-4H3;1-4H3. The summed E-state index contributed by atoms with van der Waals surface area (Å²) in [5.41, 5.74) is 0. The lowest BCUT2D eigenvalue weighted by Crippen LogP contribution is -2.45. The van der Waals surface area contributed by atoms with Crippen LogP contribution in [-0.2, 0) is 92.9 Å². The minimum absolute atomic E-state index is 0.655. The van der Waals surface area contributed by atoms with E-state index < -0.39 is 61.6 Å². The van der Waals surface area contributed by atoms with Gasteiger partial charge in [0.05, 0.1) is 0 Å². The minimum Gasteiger partial charge on any atom is -0.377 e. The predicted octanol–water partition coefficient (Wildman–Crippen LogP) is 11.3. The molecule has 0 bridgehead atoms. The molecule has 0 saturated heterocycles. The lowest BCUT2D eigenvalue weighted by Gasteiger charge is -2.27. The zero-order valence-electron chi connectivity index (χ0n) is 54.2. The molecule has 0 N–H and O–H groups in total. The van der Waals surface area contributed by atoms with Crippen molar-refractivity contribution >= 4 is 61.6 Å². The molecule has 0 aliphatic heterocycles. The molecule has 470 valence electrons. The smallest absolute Gasteiger partial charge is 0.377 e. The Morgan fingerprint density at radius 2 is 0.461 bits per heavy atom. The molecule has 0 radical (unpaired) electrons. The lowest BCUT2D eigenvalue weighted by molar-refractivity contribution is 0.0707. The molecule has 0 saturated carbocycles. The average molecular weight is 1230 g/mol. The van der Waals surface area contributed by atoms with Crippen LogP contribution in [-0.4, -0.2) is 206 Å². The molecule has 0 unspecified atom stereocenters. The van der Waals surface area contributed by atoms with E-state index in [1.54, 1.807) is 85.3 Å². The highest BCUT2D eigenvalue weighted by Gasteiger charge is 2.40. The summed E-state index contributed by atoms with van der Waals surface area (Å²) >= 11 is 0. The topological polar surface area (TPSA) is 194 Å². The van der Waals surface area contributed by atoms with Gasteiger partial charge in [-0.1, -0.05) is 66.7 Å². The van der Waals surface area contributed by atoms with Crippen molar-refractivity contribution in [3.05, 3.63) is 0 Å². The van der Waals surface area contributed by atoms with Gasteiger partial charge in [-0.15, -0.1) is 0 Å². The third kappa shape index (κ3) is 46.2. The van der Waals surface area contributed by atoms with Crippen LogP contribution >= 0.6 is 0 Å². The van der Waals surface area contributed by atoms with Crippen molar-refractivity contribution in [3.63, 3.8) is 0 Å². The van der Waals surface area contributed by atoms with E-state index in [0.29, 0.717) is 59.5 Å². The van der Waals surface area contributed by atoms with Crippen LogP contribution in [0.25, 0.3) is 0 Å². The predicted molar refractivity (Wildman–Crippen MR) is 321 cm³/mol. The molecule has 0 aliphatic rings. The Balaban J connectivity index is -0.000000147. The molecule has 0 aromatic rings. The number of unbranched alkanes of at least 4 members (excludes halogenated alkanes) is 3. The van der Waals surface area contributed by atoms with Crippen molar-refractivity contribution in [2.75, 3.05) is 145 Å². The fourth-order valence-electron chi connectivity index (χ4n) is 6.43. The van der Waals surface area contributed by atoms with Crippen molar-refractivity contribution < 1.29 is 92.9 Å². The van der Waals surface area contributed by atoms with Crippen molar-refractivity contribution in [2.24, 2.45) is 0 Å². The van der Waals surface area contributed by atoms with Crippen LogP contribution in [0.3, 0.4) is 0 Å². The zero-order chi connectivity index (χ0) is 60.5. The molecule has 0 aliphatic carbocycles. The average Bonchev–Trinajstić information content (AvgIpc) is 3.43. The van der Waals surface area contributed by atoms with Crippen molar-refractivity contribution in [2.45, 2.75) is 179 Å². The van der Waals surface area contributed by atoms with Crippen molar-refractivity contribution in [3.8, 4) is 0 Å². The van der Waals surface area contributed by atoms with Crippen LogP contribution < -0.4 is 0 Å². The van der Waals surface area contributed by atoms with E-state index >= 15 is 0 Å². The maximum Gasteiger partial charge on any atom is 0.500 e. The van der Waals surface area contributed by atoms with Crippen LogP contribution in [0, 0.1) is 0 Å². The SMILES string of the molecule is CCCCCC[Si](OC)(OC)OC.CCC[Si](OC)(OC)OC.CCC[Si](OCC)(OCC)OCC.CCO[Si](C)(OCC)OCC.CCO[Si](CC)(OCC)OCC.CC[Si](OC)(OC)OC.CO[Si](C)(OC)OC. The third-order valence-electron chi connectivity index (χ3n) is 10.6. The summed E-state index contributed by atoms with van der Waals surface area (Å²) in [5.74, 6) is 0. The highest BCUT2D eigenvalue weighted by Crippen LogP contribution is 2.19. The van der Waals surface area contributed by atoms with Gasteiger partial charge in [0.25, 0.3) is 0 Å². The highest BCUT2D eigenvalue weighted by atomic mass is 28.4. The van der Waals surface area contributed by atoms with Gasteiger partial charge < -0.3 is 92.9 Å². The molecule has 76 heavy (non-hydrogen) atoms. The summed E-state index contributed by atoms with van der Waals surface area (Å²) in [7, 11) is 3.83. The van der Waals surface area contributed by atoms with Crippen molar-refractivity contribution in [1.29, 1.82) is 0 Å². The summed E-state index contributed by atoms with van der Waals surface area (Å²) < 4.78 is 111. The third-order valence-corrected chi connectivity index (χ3v) is 30.2. The Morgan fingerprint density at radius 3 is 0.632 bits per heavy atom. The van der Waals surface area contributed by atoms with E-state index in [1.165, 1.54) is 19.3 Å². The normalized spacial score (nSPS) is 12.0. The molecule has 28 heteroatoms. The van der Waals surface area contributed by atoms with Crippen molar-refractivity contribution in [1.82, 2.24) is 0 Å². The Morgan fingerprint density at radius 1 is 0.211 bits per heavy atom. The fourth-order valence-corrected chi connectivity index (χ4v) is 18.4. The van der Waals surface area contributed by atoms with E-state index in [0.717, 1.165) is 49.5 Å². The Kier molecular flexibility index (Phi) is 71.7. The Hall–Kier alpha value is 0.678. The molecular formula is C48H124O21Si7. The molecule has 0 amide bonds. The first-order valence-electron chi connectivity index (χ1n) is 27.5. The van der Waals surface area contributed by atoms with Gasteiger partial charge in [0.2, 0.25) is 0 Å². The molecule has 0 spiro atoms. The van der Waals surface area contributed by atoms with E-state index in [-0.39, 0.29) is 0 Å². The first-order valence-corrected chi connectivity index (χ1v) is 41.6. The van der Waals surface area contributed by atoms with E-state index in [2.05, 4.69) is 20.8 Å². The second-order valence-electron chi connectivity index (χ2n) is 15.5. The number of hydrogen-bond acceptors (Lipinski definition) is 21. The molecule has 21 nitrogen and oxygen atoms in total. The Labute approximate surface area is 476 Å². The summed E-state index contributed by atoms with van der Waals surface area (Å²) in [6, 6.07) is 4.40. The van der Waals surface area contributed by atoms with E-state index in [4.69, 9.17) is 92.9 Å². The van der Waals surface area contributed by atoms with Crippen LogP contribution in [0.15, 0.2) is 0 Å². The largest absolute Gasteiger partial charge is 0.500 e. The summed E-state index contributed by atoms with van der Waals surface area (Å²) in [5, 5.41) is 0. The minimum atomic E-state index is -2.30. The maximum atomic E-state index is 5.65. The van der Waals surface area contributed by atoms with Crippen LogP contribution in [0.1, 0.15) is 135 Å². The number of hydrogen-bond donors (Lipinski definition) is 0. The van der Waals surface area contributed by atoms with E-state index in [1.807, 2.05) is 89.3 Å². The summed E-state index contributed by atoms with van der Waals surface area (Å²) in [6.45, 7) is 37.9. The molecular weight excluding hydrogens is 1110 g/mol. The van der Waals surface area contributed by atoms with Gasteiger partial charge in [0, 0.05) is 188 Å². The second kappa shape index (κ2) is 60.3. The molecule has 0 heterocycles. The van der Waals surface area contributed by atoms with Gasteiger partial charge in [-0.05, 0) is 68.7 Å². The molecule has 0 fully saturated rings. The van der Waals surface area contributed by atoms with Crippen LogP contribution in [0.2, 0.25) is 43.3 Å². The monoisotopic (exact) mass is 1230 g/mol. The lowest BCUT2D eigenvalue weighted by atomic mass is 10.2. The first-order chi connectivity index (χ1) is 36.1. The fraction of sp³-hybridized carbons (Fsp3) is 1.00. The summed E-state index contributed by atoms with van der Waals surface area (Å²) in [6.07, 6.45) is 6.98. The van der Waals surface area contributed by atoms with Gasteiger partial charge in [0.15, 0.2) is 0 Å². The first kappa shape index (κ1) is 90.5.